The summed E-state index contributed by atoms with van der Waals surface area (Å²) < 4.78 is 11.3. The lowest BCUT2D eigenvalue weighted by atomic mass is 10.0. The van der Waals surface area contributed by atoms with E-state index in [1.165, 1.54) is 0 Å². The Hall–Kier alpha value is -3.35. The topological polar surface area (TPSA) is 67.9 Å². The number of nitrogens with one attached hydrogen (secondary N) is 1. The summed E-state index contributed by atoms with van der Waals surface area (Å²) in [6.45, 7) is 4.96. The Morgan fingerprint density at radius 2 is 1.56 bits per heavy atom. The number of benzene rings is 3. The first-order valence-corrected chi connectivity index (χ1v) is 12.5. The number of carbonyl (C=O) groups is 2. The highest BCUT2D eigenvalue weighted by molar-refractivity contribution is 6.30. The fraction of sp³-hybridized carbons (Fsp3) is 0.310. The van der Waals surface area contributed by atoms with Crippen LogP contribution in [0.4, 0.5) is 0 Å². The highest BCUT2D eigenvalue weighted by Crippen LogP contribution is 2.25. The number of carbonyl (C=O) groups excluding carboxylic acids is 2. The maximum atomic E-state index is 13.5. The number of nitrogens with zero attached hydrogens (tertiary/aromatic N) is 1. The van der Waals surface area contributed by atoms with E-state index in [1.807, 2.05) is 74.5 Å². The molecular formula is C29H33ClN2O4. The number of hydrogen-bond acceptors (Lipinski definition) is 4. The van der Waals surface area contributed by atoms with Gasteiger partial charge < -0.3 is 19.7 Å². The van der Waals surface area contributed by atoms with Gasteiger partial charge in [0.2, 0.25) is 5.91 Å². The molecule has 6 nitrogen and oxygen atoms in total. The first kappa shape index (κ1) is 27.2. The maximum Gasteiger partial charge on any atom is 0.261 e. The molecule has 7 heteroatoms. The standard InChI is InChI=1S/C29H33ClN2O4/c1-22(2)35-19-9-18-31-29(34)28(24-10-5-3-6-11-24)32(20-23-14-16-25(30)17-15-23)27(33)21-36-26-12-7-4-8-13-26/h3-8,10-17,22,28H,9,18-21H2,1-2H3,(H,31,34)/t28-/m0/s1. The van der Waals surface area contributed by atoms with Crippen LogP contribution in [0.5, 0.6) is 5.75 Å². The lowest BCUT2D eigenvalue weighted by Crippen LogP contribution is -2.45. The first-order chi connectivity index (χ1) is 17.4. The summed E-state index contributed by atoms with van der Waals surface area (Å²) in [5.41, 5.74) is 1.57. The van der Waals surface area contributed by atoms with E-state index in [0.717, 1.165) is 11.1 Å². The van der Waals surface area contributed by atoms with E-state index < -0.39 is 6.04 Å². The molecule has 0 heterocycles. The fourth-order valence-electron chi connectivity index (χ4n) is 3.66. The molecule has 36 heavy (non-hydrogen) atoms. The van der Waals surface area contributed by atoms with Crippen LogP contribution in [0.15, 0.2) is 84.9 Å². The van der Waals surface area contributed by atoms with Gasteiger partial charge >= 0.3 is 0 Å². The van der Waals surface area contributed by atoms with Crippen LogP contribution in [0.3, 0.4) is 0 Å². The van der Waals surface area contributed by atoms with Gasteiger partial charge in [-0.25, -0.2) is 0 Å². The fourth-order valence-corrected chi connectivity index (χ4v) is 3.79. The van der Waals surface area contributed by atoms with Gasteiger partial charge in [-0.1, -0.05) is 72.3 Å². The molecule has 0 radical (unpaired) electrons. The predicted molar refractivity (Wildman–Crippen MR) is 142 cm³/mol. The van der Waals surface area contributed by atoms with Crippen LogP contribution in [0.2, 0.25) is 5.02 Å². The second-order valence-corrected chi connectivity index (χ2v) is 9.06. The molecule has 3 rings (SSSR count). The molecular weight excluding hydrogens is 476 g/mol. The van der Waals surface area contributed by atoms with Crippen molar-refractivity contribution >= 4 is 23.4 Å². The minimum Gasteiger partial charge on any atom is -0.484 e. The molecule has 0 spiro atoms. The summed E-state index contributed by atoms with van der Waals surface area (Å²) in [5, 5.41) is 3.59. The van der Waals surface area contributed by atoms with Gasteiger partial charge in [-0.05, 0) is 55.7 Å². The van der Waals surface area contributed by atoms with Gasteiger partial charge in [0.05, 0.1) is 6.10 Å². The molecule has 0 aliphatic heterocycles. The molecule has 0 saturated carbocycles. The van der Waals surface area contributed by atoms with Crippen LogP contribution in [0.25, 0.3) is 0 Å². The molecule has 3 aromatic rings. The van der Waals surface area contributed by atoms with Gasteiger partial charge in [0, 0.05) is 24.7 Å². The molecule has 3 aromatic carbocycles. The highest BCUT2D eigenvalue weighted by Gasteiger charge is 2.31. The molecule has 0 bridgehead atoms. The minimum absolute atomic E-state index is 0.134. The number of ether oxygens (including phenoxy) is 2. The van der Waals surface area contributed by atoms with Crippen LogP contribution >= 0.6 is 11.6 Å². The predicted octanol–water partition coefficient (Wildman–Crippen LogP) is 5.42. The highest BCUT2D eigenvalue weighted by atomic mass is 35.5. The molecule has 0 unspecified atom stereocenters. The summed E-state index contributed by atoms with van der Waals surface area (Å²) >= 11 is 6.06. The average Bonchev–Trinajstić information content (AvgIpc) is 2.89. The SMILES string of the molecule is CC(C)OCCCNC(=O)[C@H](c1ccccc1)N(Cc1ccc(Cl)cc1)C(=O)COc1ccccc1. The lowest BCUT2D eigenvalue weighted by molar-refractivity contribution is -0.143. The lowest BCUT2D eigenvalue weighted by Gasteiger charge is -2.31. The quantitative estimate of drug-likeness (QED) is 0.313. The van der Waals surface area contributed by atoms with Crippen LogP contribution in [0.1, 0.15) is 37.4 Å². The van der Waals surface area contributed by atoms with E-state index in [0.29, 0.717) is 30.3 Å². The van der Waals surface area contributed by atoms with Gasteiger partial charge in [-0.15, -0.1) is 0 Å². The zero-order valence-corrected chi connectivity index (χ0v) is 21.5. The smallest absolute Gasteiger partial charge is 0.261 e. The van der Waals surface area contributed by atoms with Crippen LogP contribution in [0, 0.1) is 0 Å². The third kappa shape index (κ3) is 8.70. The maximum absolute atomic E-state index is 13.5. The van der Waals surface area contributed by atoms with E-state index in [1.54, 1.807) is 29.2 Å². The minimum atomic E-state index is -0.834. The third-order valence-electron chi connectivity index (χ3n) is 5.44. The number of hydrogen-bond donors (Lipinski definition) is 1. The Morgan fingerprint density at radius 3 is 2.19 bits per heavy atom. The van der Waals surface area contributed by atoms with E-state index in [9.17, 15) is 9.59 Å². The van der Waals surface area contributed by atoms with Crippen LogP contribution < -0.4 is 10.1 Å². The van der Waals surface area contributed by atoms with Crippen molar-refractivity contribution in [3.63, 3.8) is 0 Å². The van der Waals surface area contributed by atoms with Crippen LogP contribution in [-0.2, 0) is 20.9 Å². The monoisotopic (exact) mass is 508 g/mol. The molecule has 1 N–H and O–H groups in total. The van der Waals surface area contributed by atoms with Gasteiger partial charge in [0.25, 0.3) is 5.91 Å². The normalized spacial score (nSPS) is 11.7. The Balaban J connectivity index is 1.83. The summed E-state index contributed by atoms with van der Waals surface area (Å²) in [7, 11) is 0. The zero-order valence-electron chi connectivity index (χ0n) is 20.7. The van der Waals surface area contributed by atoms with E-state index in [4.69, 9.17) is 21.1 Å². The summed E-state index contributed by atoms with van der Waals surface area (Å²) in [6, 6.07) is 24.9. The number of halogens is 1. The van der Waals surface area contributed by atoms with Crippen molar-refractivity contribution in [1.29, 1.82) is 0 Å². The second kappa shape index (κ2) is 14.3. The average molecular weight is 509 g/mol. The van der Waals surface area contributed by atoms with Gasteiger partial charge in [0.1, 0.15) is 11.8 Å². The summed E-state index contributed by atoms with van der Waals surface area (Å²) in [4.78, 5) is 28.6. The second-order valence-electron chi connectivity index (χ2n) is 8.63. The van der Waals surface area contributed by atoms with Crippen molar-refractivity contribution in [3.8, 4) is 5.75 Å². The molecule has 190 valence electrons. The zero-order chi connectivity index (χ0) is 25.8. The number of amides is 2. The van der Waals surface area contributed by atoms with E-state index in [2.05, 4.69) is 5.32 Å². The van der Waals surface area contributed by atoms with Crippen LogP contribution in [-0.4, -0.2) is 42.6 Å². The Labute approximate surface area is 218 Å². The first-order valence-electron chi connectivity index (χ1n) is 12.1. The summed E-state index contributed by atoms with van der Waals surface area (Å²) in [5.74, 6) is 0.0249. The molecule has 2 amide bonds. The Kier molecular flexibility index (Phi) is 10.8. The molecule has 0 aliphatic rings. The van der Waals surface area contributed by atoms with E-state index in [-0.39, 0.29) is 31.1 Å². The van der Waals surface area contributed by atoms with Crippen molar-refractivity contribution in [2.75, 3.05) is 19.8 Å². The third-order valence-corrected chi connectivity index (χ3v) is 5.69. The van der Waals surface area contributed by atoms with Crippen molar-refractivity contribution in [1.82, 2.24) is 10.2 Å². The Morgan fingerprint density at radius 1 is 0.917 bits per heavy atom. The van der Waals surface area contributed by atoms with Crippen molar-refractivity contribution in [3.05, 3.63) is 101 Å². The largest absolute Gasteiger partial charge is 0.484 e. The van der Waals surface area contributed by atoms with Crippen molar-refractivity contribution < 1.29 is 19.1 Å². The number of para-hydroxylation sites is 1. The van der Waals surface area contributed by atoms with Crippen molar-refractivity contribution in [2.24, 2.45) is 0 Å². The molecule has 0 saturated heterocycles. The molecule has 0 fully saturated rings. The van der Waals surface area contributed by atoms with Gasteiger partial charge in [0.15, 0.2) is 6.61 Å². The number of rotatable bonds is 13. The van der Waals surface area contributed by atoms with Gasteiger partial charge in [-0.2, -0.15) is 0 Å². The summed E-state index contributed by atoms with van der Waals surface area (Å²) in [6.07, 6.45) is 0.808. The molecule has 0 aromatic heterocycles. The molecule has 1 atom stereocenters. The molecule has 0 aliphatic carbocycles. The Bertz CT molecular complexity index is 1080. The van der Waals surface area contributed by atoms with E-state index >= 15 is 0 Å². The van der Waals surface area contributed by atoms with Crippen molar-refractivity contribution in [2.45, 2.75) is 39.0 Å². The van der Waals surface area contributed by atoms with Gasteiger partial charge in [-0.3, -0.25) is 9.59 Å².